The Kier molecular flexibility index (Phi) is 4.37. The van der Waals surface area contributed by atoms with Crippen molar-refractivity contribution in [1.82, 2.24) is 0 Å². The fourth-order valence-electron chi connectivity index (χ4n) is 0.664. The molecule has 0 aliphatic carbocycles. The zero-order valence-electron chi connectivity index (χ0n) is 6.55. The molecule has 0 bridgehead atoms. The van der Waals surface area contributed by atoms with Gasteiger partial charge in [-0.1, -0.05) is 20.8 Å². The van der Waals surface area contributed by atoms with Crippen LogP contribution in [0.4, 0.5) is 0 Å². The van der Waals surface area contributed by atoms with Gasteiger partial charge in [-0.15, -0.1) is 0 Å². The minimum absolute atomic E-state index is 0.690. The molecule has 0 aromatic rings. The highest BCUT2D eigenvalue weighted by Crippen LogP contribution is 2.14. The molecule has 0 rings (SSSR count). The highest BCUT2D eigenvalue weighted by molar-refractivity contribution is 5.49. The molecule has 0 spiro atoms. The third-order valence-corrected chi connectivity index (χ3v) is 1.88. The van der Waals surface area contributed by atoms with Gasteiger partial charge in [0, 0.05) is 6.42 Å². The first-order valence-corrected chi connectivity index (χ1v) is 3.62. The summed E-state index contributed by atoms with van der Waals surface area (Å²) in [6.45, 7) is 6.57. The zero-order valence-corrected chi connectivity index (χ0v) is 6.55. The third kappa shape index (κ3) is 4.19. The Hall–Kier alpha value is -0.330. The first-order valence-electron chi connectivity index (χ1n) is 3.62. The van der Waals surface area contributed by atoms with Gasteiger partial charge < -0.3 is 4.79 Å². The van der Waals surface area contributed by atoms with E-state index in [-0.39, 0.29) is 0 Å². The predicted molar refractivity (Wildman–Crippen MR) is 39.3 cm³/mol. The summed E-state index contributed by atoms with van der Waals surface area (Å²) in [5.74, 6) is 1.40. The van der Waals surface area contributed by atoms with Crippen molar-refractivity contribution in [2.24, 2.45) is 11.8 Å². The van der Waals surface area contributed by atoms with Crippen molar-refractivity contribution in [3.8, 4) is 0 Å². The molecule has 0 aromatic heterocycles. The van der Waals surface area contributed by atoms with Crippen LogP contribution >= 0.6 is 0 Å². The van der Waals surface area contributed by atoms with Gasteiger partial charge in [-0.2, -0.15) is 0 Å². The second-order valence-electron chi connectivity index (χ2n) is 2.97. The SMILES string of the molecule is CC(C)[C@H](C)CCC=O. The molecular formula is C8H16O. The Labute approximate surface area is 57.5 Å². The van der Waals surface area contributed by atoms with Gasteiger partial charge >= 0.3 is 0 Å². The van der Waals surface area contributed by atoms with Crippen LogP contribution < -0.4 is 0 Å². The van der Waals surface area contributed by atoms with Crippen LogP contribution in [-0.4, -0.2) is 6.29 Å². The molecule has 0 heterocycles. The van der Waals surface area contributed by atoms with Gasteiger partial charge in [-0.3, -0.25) is 0 Å². The van der Waals surface area contributed by atoms with Crippen LogP contribution in [0.2, 0.25) is 0 Å². The van der Waals surface area contributed by atoms with Crippen molar-refractivity contribution in [1.29, 1.82) is 0 Å². The molecule has 0 aromatic carbocycles. The maximum atomic E-state index is 9.93. The minimum Gasteiger partial charge on any atom is -0.303 e. The van der Waals surface area contributed by atoms with E-state index >= 15 is 0 Å². The van der Waals surface area contributed by atoms with E-state index in [1.807, 2.05) is 0 Å². The van der Waals surface area contributed by atoms with E-state index in [1.54, 1.807) is 0 Å². The Bertz CT molecular complexity index is 76.6. The van der Waals surface area contributed by atoms with Crippen molar-refractivity contribution in [2.75, 3.05) is 0 Å². The molecule has 0 saturated carbocycles. The summed E-state index contributed by atoms with van der Waals surface area (Å²) in [4.78, 5) is 9.93. The maximum absolute atomic E-state index is 9.93. The molecule has 0 saturated heterocycles. The molecule has 0 aliphatic rings. The molecule has 1 heteroatoms. The summed E-state index contributed by atoms with van der Waals surface area (Å²) in [6.07, 6.45) is 2.76. The minimum atomic E-state index is 0.690. The highest BCUT2D eigenvalue weighted by atomic mass is 16.1. The lowest BCUT2D eigenvalue weighted by Crippen LogP contribution is -2.03. The summed E-state index contributed by atoms with van der Waals surface area (Å²) in [5.41, 5.74) is 0. The van der Waals surface area contributed by atoms with E-state index in [9.17, 15) is 4.79 Å². The second-order valence-corrected chi connectivity index (χ2v) is 2.97. The van der Waals surface area contributed by atoms with Gasteiger partial charge in [0.25, 0.3) is 0 Å². The van der Waals surface area contributed by atoms with Gasteiger partial charge in [0.2, 0.25) is 0 Å². The number of hydrogen-bond donors (Lipinski definition) is 0. The fraction of sp³-hybridized carbons (Fsp3) is 0.875. The molecular weight excluding hydrogens is 112 g/mol. The summed E-state index contributed by atoms with van der Waals surface area (Å²) in [7, 11) is 0. The van der Waals surface area contributed by atoms with E-state index < -0.39 is 0 Å². The standard InChI is InChI=1S/C8H16O/c1-7(2)8(3)5-4-6-9/h6-8H,4-5H2,1-3H3/t8-/m1/s1. The number of hydrogen-bond acceptors (Lipinski definition) is 1. The van der Waals surface area contributed by atoms with Crippen molar-refractivity contribution < 1.29 is 4.79 Å². The summed E-state index contributed by atoms with van der Waals surface area (Å²) in [6, 6.07) is 0. The fourth-order valence-corrected chi connectivity index (χ4v) is 0.664. The molecule has 0 aliphatic heterocycles. The van der Waals surface area contributed by atoms with Crippen molar-refractivity contribution in [3.63, 3.8) is 0 Å². The highest BCUT2D eigenvalue weighted by Gasteiger charge is 2.04. The van der Waals surface area contributed by atoms with Gasteiger partial charge in [0.15, 0.2) is 0 Å². The Balaban J connectivity index is 3.26. The molecule has 0 unspecified atom stereocenters. The molecule has 1 atom stereocenters. The normalized spacial score (nSPS) is 13.8. The van der Waals surface area contributed by atoms with Crippen LogP contribution in [0.15, 0.2) is 0 Å². The average molecular weight is 128 g/mol. The number of carbonyl (C=O) groups is 1. The Morgan fingerprint density at radius 2 is 1.89 bits per heavy atom. The van der Waals surface area contributed by atoms with E-state index in [4.69, 9.17) is 0 Å². The molecule has 54 valence electrons. The van der Waals surface area contributed by atoms with Crippen LogP contribution in [0, 0.1) is 11.8 Å². The van der Waals surface area contributed by atoms with Gasteiger partial charge in [0.05, 0.1) is 0 Å². The van der Waals surface area contributed by atoms with E-state index in [0.29, 0.717) is 11.8 Å². The topological polar surface area (TPSA) is 17.1 Å². The number of rotatable bonds is 4. The predicted octanol–water partition coefficient (Wildman–Crippen LogP) is 2.26. The number of aldehydes is 1. The van der Waals surface area contributed by atoms with Crippen molar-refractivity contribution >= 4 is 6.29 Å². The molecule has 9 heavy (non-hydrogen) atoms. The van der Waals surface area contributed by atoms with Crippen molar-refractivity contribution in [2.45, 2.75) is 33.6 Å². The average Bonchev–Trinajstić information content (AvgIpc) is 1.82. The van der Waals surface area contributed by atoms with E-state index in [1.165, 1.54) is 0 Å². The smallest absolute Gasteiger partial charge is 0.120 e. The maximum Gasteiger partial charge on any atom is 0.120 e. The lowest BCUT2D eigenvalue weighted by Gasteiger charge is -2.12. The van der Waals surface area contributed by atoms with Crippen LogP contribution in [-0.2, 0) is 4.79 Å². The third-order valence-electron chi connectivity index (χ3n) is 1.88. The first-order chi connectivity index (χ1) is 4.18. The van der Waals surface area contributed by atoms with Gasteiger partial charge in [-0.05, 0) is 18.3 Å². The van der Waals surface area contributed by atoms with Crippen LogP contribution in [0.5, 0.6) is 0 Å². The Morgan fingerprint density at radius 3 is 2.22 bits per heavy atom. The van der Waals surface area contributed by atoms with Crippen LogP contribution in [0.3, 0.4) is 0 Å². The lowest BCUT2D eigenvalue weighted by atomic mass is 9.94. The lowest BCUT2D eigenvalue weighted by molar-refractivity contribution is -0.108. The van der Waals surface area contributed by atoms with E-state index in [0.717, 1.165) is 19.1 Å². The quantitative estimate of drug-likeness (QED) is 0.531. The molecule has 1 nitrogen and oxygen atoms in total. The zero-order chi connectivity index (χ0) is 7.28. The first kappa shape index (κ1) is 8.67. The second kappa shape index (κ2) is 4.54. The Morgan fingerprint density at radius 1 is 1.33 bits per heavy atom. The molecule has 0 amide bonds. The van der Waals surface area contributed by atoms with E-state index in [2.05, 4.69) is 20.8 Å². The van der Waals surface area contributed by atoms with Crippen LogP contribution in [0.25, 0.3) is 0 Å². The largest absolute Gasteiger partial charge is 0.303 e. The van der Waals surface area contributed by atoms with Gasteiger partial charge in [0.1, 0.15) is 6.29 Å². The van der Waals surface area contributed by atoms with Crippen LogP contribution in [0.1, 0.15) is 33.6 Å². The summed E-state index contributed by atoms with van der Waals surface area (Å²) in [5, 5.41) is 0. The molecule has 0 N–H and O–H groups in total. The van der Waals surface area contributed by atoms with Crippen molar-refractivity contribution in [3.05, 3.63) is 0 Å². The molecule has 0 fully saturated rings. The summed E-state index contributed by atoms with van der Waals surface area (Å²) < 4.78 is 0. The monoisotopic (exact) mass is 128 g/mol. The number of carbonyl (C=O) groups excluding carboxylic acids is 1. The molecule has 0 radical (unpaired) electrons. The summed E-state index contributed by atoms with van der Waals surface area (Å²) >= 11 is 0. The van der Waals surface area contributed by atoms with Gasteiger partial charge in [-0.25, -0.2) is 0 Å².